The topological polar surface area (TPSA) is 113 Å². The van der Waals surface area contributed by atoms with E-state index in [-0.39, 0.29) is 12.5 Å². The van der Waals surface area contributed by atoms with Crippen LogP contribution in [0.5, 0.6) is 0 Å². The van der Waals surface area contributed by atoms with Crippen LogP contribution in [0.4, 0.5) is 11.8 Å². The number of amides is 1. The summed E-state index contributed by atoms with van der Waals surface area (Å²) >= 11 is 0. The van der Waals surface area contributed by atoms with Gasteiger partial charge in [-0.2, -0.15) is 4.98 Å². The molecule has 1 aliphatic carbocycles. The number of hydrogen-bond donors (Lipinski definition) is 4. The van der Waals surface area contributed by atoms with Crippen molar-refractivity contribution in [1.82, 2.24) is 30.1 Å². The number of benzene rings is 1. The molecule has 202 valence electrons. The van der Waals surface area contributed by atoms with Gasteiger partial charge < -0.3 is 30.5 Å². The number of anilines is 2. The standard InChI is InChI=1S/C28H38N8O2/c1-34-11-13-36(14-12-34)28-32-24(15-26(33-28)30-19-5-4-6-19)27(38)29-16-20(37)17-35-10-9-22-21-7-2-3-8-23(21)31-25(22)18-35/h2-3,7-8,15,19-20,31,37H,4-6,9-14,16-18H2,1H3,(H,29,38)(H,30,32,33). The van der Waals surface area contributed by atoms with Crippen molar-refractivity contribution >= 4 is 28.6 Å². The molecule has 10 heteroatoms. The predicted octanol–water partition coefficient (Wildman–Crippen LogP) is 1.82. The van der Waals surface area contributed by atoms with Gasteiger partial charge in [0.05, 0.1) is 6.10 Å². The third kappa shape index (κ3) is 5.48. The lowest BCUT2D eigenvalue weighted by Crippen LogP contribution is -2.45. The fourth-order valence-electron chi connectivity index (χ4n) is 5.60. The average Bonchev–Trinajstić information content (AvgIpc) is 3.27. The van der Waals surface area contributed by atoms with Crippen LogP contribution in [0.2, 0.25) is 0 Å². The summed E-state index contributed by atoms with van der Waals surface area (Å²) in [6, 6.07) is 10.5. The Morgan fingerprint density at radius 2 is 1.97 bits per heavy atom. The fourth-order valence-corrected chi connectivity index (χ4v) is 5.60. The van der Waals surface area contributed by atoms with Gasteiger partial charge in [0.25, 0.3) is 5.91 Å². The first-order valence-corrected chi connectivity index (χ1v) is 13.9. The van der Waals surface area contributed by atoms with E-state index in [9.17, 15) is 9.90 Å². The Labute approximate surface area is 223 Å². The summed E-state index contributed by atoms with van der Waals surface area (Å²) in [5.41, 5.74) is 4.10. The van der Waals surface area contributed by atoms with E-state index >= 15 is 0 Å². The van der Waals surface area contributed by atoms with Gasteiger partial charge in [0.2, 0.25) is 5.95 Å². The zero-order valence-corrected chi connectivity index (χ0v) is 22.1. The third-order valence-electron chi connectivity index (χ3n) is 8.12. The molecule has 0 bridgehead atoms. The molecule has 2 fully saturated rings. The van der Waals surface area contributed by atoms with Crippen LogP contribution in [-0.4, -0.2) is 101 Å². The van der Waals surface area contributed by atoms with E-state index in [2.05, 4.69) is 60.5 Å². The van der Waals surface area contributed by atoms with Gasteiger partial charge in [-0.1, -0.05) is 18.2 Å². The van der Waals surface area contributed by atoms with E-state index in [1.165, 1.54) is 28.6 Å². The second kappa shape index (κ2) is 10.9. The summed E-state index contributed by atoms with van der Waals surface area (Å²) in [5, 5.41) is 18.4. The number of rotatable bonds is 8. The monoisotopic (exact) mass is 518 g/mol. The quantitative estimate of drug-likeness (QED) is 0.357. The highest BCUT2D eigenvalue weighted by Gasteiger charge is 2.24. The van der Waals surface area contributed by atoms with Crippen molar-refractivity contribution in [2.45, 2.75) is 44.4 Å². The maximum absolute atomic E-state index is 13.1. The molecule has 4 heterocycles. The van der Waals surface area contributed by atoms with Crippen LogP contribution in [0.3, 0.4) is 0 Å². The molecule has 4 N–H and O–H groups in total. The molecule has 2 aromatic heterocycles. The van der Waals surface area contributed by atoms with E-state index in [1.807, 2.05) is 6.07 Å². The van der Waals surface area contributed by atoms with Gasteiger partial charge in [0.1, 0.15) is 11.5 Å². The lowest BCUT2D eigenvalue weighted by molar-refractivity contribution is 0.0836. The third-order valence-corrected chi connectivity index (χ3v) is 8.12. The lowest BCUT2D eigenvalue weighted by atomic mass is 9.93. The second-order valence-electron chi connectivity index (χ2n) is 11.0. The van der Waals surface area contributed by atoms with Crippen LogP contribution in [0.25, 0.3) is 10.9 Å². The van der Waals surface area contributed by atoms with Crippen molar-refractivity contribution in [2.75, 3.05) is 63.1 Å². The van der Waals surface area contributed by atoms with E-state index in [1.54, 1.807) is 6.07 Å². The predicted molar refractivity (Wildman–Crippen MR) is 149 cm³/mol. The van der Waals surface area contributed by atoms with Gasteiger partial charge in [0.15, 0.2) is 0 Å². The maximum atomic E-state index is 13.1. The molecule has 3 aliphatic rings. The molecule has 2 aliphatic heterocycles. The van der Waals surface area contributed by atoms with Crippen molar-refractivity contribution < 1.29 is 9.90 Å². The largest absolute Gasteiger partial charge is 0.390 e. The molecule has 0 spiro atoms. The number of aromatic amines is 1. The molecule has 1 saturated carbocycles. The van der Waals surface area contributed by atoms with Gasteiger partial charge in [-0.25, -0.2) is 4.98 Å². The van der Waals surface area contributed by atoms with Crippen molar-refractivity contribution in [2.24, 2.45) is 0 Å². The molecule has 1 aromatic carbocycles. The number of carbonyl (C=O) groups excluding carboxylic acids is 1. The Bertz CT molecular complexity index is 1280. The van der Waals surface area contributed by atoms with Gasteiger partial charge in [0, 0.05) is 81.1 Å². The molecular weight excluding hydrogens is 480 g/mol. The second-order valence-corrected chi connectivity index (χ2v) is 11.0. The fraction of sp³-hybridized carbons (Fsp3) is 0.536. The summed E-state index contributed by atoms with van der Waals surface area (Å²) in [4.78, 5) is 32.7. The molecule has 6 rings (SSSR count). The Balaban J connectivity index is 1.07. The number of carbonyl (C=O) groups is 1. The highest BCUT2D eigenvalue weighted by Crippen LogP contribution is 2.27. The van der Waals surface area contributed by atoms with Crippen LogP contribution in [0.15, 0.2) is 30.3 Å². The molecule has 38 heavy (non-hydrogen) atoms. The minimum Gasteiger partial charge on any atom is -0.390 e. The summed E-state index contributed by atoms with van der Waals surface area (Å²) in [5.74, 6) is 1.01. The summed E-state index contributed by atoms with van der Waals surface area (Å²) in [6.45, 7) is 5.87. The van der Waals surface area contributed by atoms with Gasteiger partial charge in [-0.3, -0.25) is 9.69 Å². The first-order valence-electron chi connectivity index (χ1n) is 13.9. The number of nitrogens with one attached hydrogen (secondary N) is 3. The number of likely N-dealkylation sites (N-methyl/N-ethyl adjacent to an activating group) is 1. The van der Waals surface area contributed by atoms with Crippen LogP contribution in [0, 0.1) is 0 Å². The molecule has 3 aromatic rings. The number of para-hydroxylation sites is 1. The summed E-state index contributed by atoms with van der Waals surface area (Å²) in [6.07, 6.45) is 3.75. The van der Waals surface area contributed by atoms with E-state index < -0.39 is 6.10 Å². The van der Waals surface area contributed by atoms with Crippen molar-refractivity contribution in [1.29, 1.82) is 0 Å². The normalized spacial score (nSPS) is 19.7. The van der Waals surface area contributed by atoms with Crippen LogP contribution in [-0.2, 0) is 13.0 Å². The molecule has 1 atom stereocenters. The Kier molecular flexibility index (Phi) is 7.18. The SMILES string of the molecule is CN1CCN(c2nc(NC3CCC3)cc(C(=O)NCC(O)CN3CCc4c([nH]c5ccccc45)C3)n2)CC1. The van der Waals surface area contributed by atoms with Crippen molar-refractivity contribution in [3.8, 4) is 0 Å². The number of aliphatic hydroxyl groups excluding tert-OH is 1. The lowest BCUT2D eigenvalue weighted by Gasteiger charge is -2.33. The van der Waals surface area contributed by atoms with Gasteiger partial charge >= 0.3 is 0 Å². The van der Waals surface area contributed by atoms with Crippen LogP contribution < -0.4 is 15.5 Å². The van der Waals surface area contributed by atoms with Crippen molar-refractivity contribution in [3.63, 3.8) is 0 Å². The molecule has 0 radical (unpaired) electrons. The van der Waals surface area contributed by atoms with E-state index in [0.29, 0.717) is 30.0 Å². The Morgan fingerprint density at radius 1 is 1.16 bits per heavy atom. The number of nitrogens with zero attached hydrogens (tertiary/aromatic N) is 5. The minimum absolute atomic E-state index is 0.175. The molecule has 1 amide bonds. The number of aromatic nitrogens is 3. The Morgan fingerprint density at radius 3 is 2.76 bits per heavy atom. The minimum atomic E-state index is -0.670. The highest BCUT2D eigenvalue weighted by molar-refractivity contribution is 5.93. The summed E-state index contributed by atoms with van der Waals surface area (Å²) in [7, 11) is 2.11. The van der Waals surface area contributed by atoms with Gasteiger partial charge in [-0.05, 0) is 44.4 Å². The van der Waals surface area contributed by atoms with Crippen LogP contribution in [0.1, 0.15) is 41.0 Å². The molecule has 10 nitrogen and oxygen atoms in total. The molecule has 1 saturated heterocycles. The highest BCUT2D eigenvalue weighted by atomic mass is 16.3. The zero-order valence-electron chi connectivity index (χ0n) is 22.1. The molecular formula is C28H38N8O2. The number of β-amino-alcohol motifs (C(OH)–C–C–N with tert-alkyl or cyclic N) is 1. The maximum Gasteiger partial charge on any atom is 0.270 e. The van der Waals surface area contributed by atoms with Gasteiger partial charge in [-0.15, -0.1) is 0 Å². The first-order chi connectivity index (χ1) is 18.5. The van der Waals surface area contributed by atoms with E-state index in [4.69, 9.17) is 4.98 Å². The number of piperazine rings is 1. The Hall–Kier alpha value is -3.21. The smallest absolute Gasteiger partial charge is 0.270 e. The average molecular weight is 519 g/mol. The zero-order chi connectivity index (χ0) is 26.1. The van der Waals surface area contributed by atoms with Crippen molar-refractivity contribution in [3.05, 3.63) is 47.3 Å². The number of fused-ring (bicyclic) bond motifs is 3. The first kappa shape index (κ1) is 25.1. The number of H-pyrrole nitrogens is 1. The van der Waals surface area contributed by atoms with E-state index in [0.717, 1.165) is 58.5 Å². The van der Waals surface area contributed by atoms with Crippen LogP contribution >= 0.6 is 0 Å². The number of aliphatic hydroxyl groups is 1. The molecule has 1 unspecified atom stereocenters. The summed E-state index contributed by atoms with van der Waals surface area (Å²) < 4.78 is 0. The number of hydrogen-bond acceptors (Lipinski definition) is 8.